The highest BCUT2D eigenvalue weighted by atomic mass is 16.3. The van der Waals surface area contributed by atoms with Crippen molar-refractivity contribution < 1.29 is 5.11 Å². The number of nitrogens with zero attached hydrogens (tertiary/aromatic N) is 1. The third-order valence-corrected chi connectivity index (χ3v) is 4.14. The average molecular weight is 253 g/mol. The molecule has 0 amide bonds. The SMILES string of the molecule is Oc1cccnc1[C@H](c1ccccc1)C1CCCC1. The lowest BCUT2D eigenvalue weighted by Crippen LogP contribution is -2.13. The maximum Gasteiger partial charge on any atom is 0.137 e. The molecule has 2 heteroatoms. The first-order valence-corrected chi connectivity index (χ1v) is 7.05. The molecule has 2 nitrogen and oxygen atoms in total. The summed E-state index contributed by atoms with van der Waals surface area (Å²) < 4.78 is 0. The van der Waals surface area contributed by atoms with Crippen molar-refractivity contribution in [1.29, 1.82) is 0 Å². The van der Waals surface area contributed by atoms with Crippen molar-refractivity contribution in [2.75, 3.05) is 0 Å². The quantitative estimate of drug-likeness (QED) is 0.893. The number of aromatic hydroxyl groups is 1. The van der Waals surface area contributed by atoms with Gasteiger partial charge in [-0.2, -0.15) is 0 Å². The van der Waals surface area contributed by atoms with Gasteiger partial charge in [-0.25, -0.2) is 0 Å². The summed E-state index contributed by atoms with van der Waals surface area (Å²) in [6.07, 6.45) is 6.83. The number of aromatic nitrogens is 1. The second kappa shape index (κ2) is 5.43. The molecule has 0 radical (unpaired) electrons. The molecule has 0 unspecified atom stereocenters. The summed E-state index contributed by atoms with van der Waals surface area (Å²) in [6, 6.07) is 14.0. The Morgan fingerprint density at radius 1 is 1.00 bits per heavy atom. The van der Waals surface area contributed by atoms with Gasteiger partial charge < -0.3 is 5.11 Å². The number of hydrogen-bond acceptors (Lipinski definition) is 2. The van der Waals surface area contributed by atoms with Gasteiger partial charge in [0.15, 0.2) is 0 Å². The van der Waals surface area contributed by atoms with Crippen LogP contribution in [0, 0.1) is 5.92 Å². The standard InChI is InChI=1S/C17H19NO/c19-15-11-6-12-18-17(15)16(14-9-4-5-10-14)13-7-2-1-3-8-13/h1-3,6-8,11-12,14,16,19H,4-5,9-10H2/t16-/m1/s1. The van der Waals surface area contributed by atoms with Crippen LogP contribution in [0.3, 0.4) is 0 Å². The fourth-order valence-electron chi connectivity index (χ4n) is 3.25. The van der Waals surface area contributed by atoms with E-state index in [0.717, 1.165) is 5.69 Å². The summed E-state index contributed by atoms with van der Waals surface area (Å²) >= 11 is 0. The van der Waals surface area contributed by atoms with Crippen molar-refractivity contribution in [2.45, 2.75) is 31.6 Å². The zero-order chi connectivity index (χ0) is 13.1. The molecule has 1 aliphatic carbocycles. The molecule has 2 aromatic rings. The summed E-state index contributed by atoms with van der Waals surface area (Å²) in [5.41, 5.74) is 2.10. The van der Waals surface area contributed by atoms with Crippen LogP contribution in [-0.4, -0.2) is 10.1 Å². The third-order valence-electron chi connectivity index (χ3n) is 4.14. The molecule has 1 aromatic carbocycles. The van der Waals surface area contributed by atoms with Gasteiger partial charge >= 0.3 is 0 Å². The first-order chi connectivity index (χ1) is 9.36. The van der Waals surface area contributed by atoms with E-state index in [1.165, 1.54) is 31.2 Å². The van der Waals surface area contributed by atoms with Crippen LogP contribution < -0.4 is 0 Å². The van der Waals surface area contributed by atoms with Gasteiger partial charge in [0.2, 0.25) is 0 Å². The van der Waals surface area contributed by atoms with Crippen LogP contribution in [-0.2, 0) is 0 Å². The van der Waals surface area contributed by atoms with E-state index < -0.39 is 0 Å². The highest BCUT2D eigenvalue weighted by Crippen LogP contribution is 2.42. The molecule has 0 saturated heterocycles. The van der Waals surface area contributed by atoms with Crippen molar-refractivity contribution >= 4 is 0 Å². The zero-order valence-electron chi connectivity index (χ0n) is 11.0. The lowest BCUT2D eigenvalue weighted by molar-refractivity contribution is 0.426. The first kappa shape index (κ1) is 12.2. The predicted molar refractivity (Wildman–Crippen MR) is 76.1 cm³/mol. The van der Waals surface area contributed by atoms with Gasteiger partial charge in [-0.3, -0.25) is 4.98 Å². The van der Waals surface area contributed by atoms with Crippen molar-refractivity contribution in [1.82, 2.24) is 4.98 Å². The van der Waals surface area contributed by atoms with Gasteiger partial charge in [0, 0.05) is 12.1 Å². The Bertz CT molecular complexity index is 532. The van der Waals surface area contributed by atoms with Crippen LogP contribution in [0.1, 0.15) is 42.9 Å². The molecule has 0 spiro atoms. The Morgan fingerprint density at radius 3 is 2.42 bits per heavy atom. The van der Waals surface area contributed by atoms with Crippen LogP contribution in [0.25, 0.3) is 0 Å². The van der Waals surface area contributed by atoms with E-state index in [4.69, 9.17) is 0 Å². The van der Waals surface area contributed by atoms with Crippen LogP contribution in [0.2, 0.25) is 0 Å². The minimum absolute atomic E-state index is 0.227. The molecule has 1 heterocycles. The monoisotopic (exact) mass is 253 g/mol. The molecule has 1 N–H and O–H groups in total. The lowest BCUT2D eigenvalue weighted by Gasteiger charge is -2.24. The molecule has 1 aromatic heterocycles. The third kappa shape index (κ3) is 2.48. The summed E-state index contributed by atoms with van der Waals surface area (Å²) in [6.45, 7) is 0. The minimum atomic E-state index is 0.227. The number of benzene rings is 1. The molecular formula is C17H19NO. The number of hydrogen-bond donors (Lipinski definition) is 1. The van der Waals surface area contributed by atoms with Crippen molar-refractivity contribution in [3.05, 3.63) is 59.9 Å². The fourth-order valence-corrected chi connectivity index (χ4v) is 3.25. The molecule has 1 atom stereocenters. The van der Waals surface area contributed by atoms with Crippen molar-refractivity contribution in [3.63, 3.8) is 0 Å². The number of rotatable bonds is 3. The maximum atomic E-state index is 10.1. The van der Waals surface area contributed by atoms with Crippen LogP contribution >= 0.6 is 0 Å². The second-order valence-corrected chi connectivity index (χ2v) is 5.34. The topological polar surface area (TPSA) is 33.1 Å². The largest absolute Gasteiger partial charge is 0.506 e. The summed E-state index contributed by atoms with van der Waals surface area (Å²) in [4.78, 5) is 4.45. The van der Waals surface area contributed by atoms with Crippen LogP contribution in [0.15, 0.2) is 48.7 Å². The summed E-state index contributed by atoms with van der Waals surface area (Å²) in [5.74, 6) is 1.15. The molecule has 0 aliphatic heterocycles. The fraction of sp³-hybridized carbons (Fsp3) is 0.353. The minimum Gasteiger partial charge on any atom is -0.506 e. The normalized spacial score (nSPS) is 17.5. The molecule has 1 aliphatic rings. The van der Waals surface area contributed by atoms with E-state index in [0.29, 0.717) is 11.7 Å². The van der Waals surface area contributed by atoms with Crippen molar-refractivity contribution in [2.24, 2.45) is 5.92 Å². The highest BCUT2D eigenvalue weighted by molar-refractivity contribution is 5.37. The Morgan fingerprint density at radius 2 is 1.74 bits per heavy atom. The van der Waals surface area contributed by atoms with Gasteiger partial charge in [0.05, 0.1) is 5.69 Å². The van der Waals surface area contributed by atoms with Crippen LogP contribution in [0.4, 0.5) is 0 Å². The van der Waals surface area contributed by atoms with E-state index in [1.54, 1.807) is 18.3 Å². The van der Waals surface area contributed by atoms with Gasteiger partial charge in [-0.1, -0.05) is 43.2 Å². The van der Waals surface area contributed by atoms with Gasteiger partial charge in [-0.15, -0.1) is 0 Å². The maximum absolute atomic E-state index is 10.1. The van der Waals surface area contributed by atoms with E-state index in [2.05, 4.69) is 29.2 Å². The molecular weight excluding hydrogens is 234 g/mol. The Balaban J connectivity index is 2.04. The van der Waals surface area contributed by atoms with Gasteiger partial charge in [0.25, 0.3) is 0 Å². The van der Waals surface area contributed by atoms with E-state index in [-0.39, 0.29) is 5.92 Å². The van der Waals surface area contributed by atoms with Gasteiger partial charge in [0.1, 0.15) is 5.75 Å². The smallest absolute Gasteiger partial charge is 0.137 e. The van der Waals surface area contributed by atoms with E-state index in [9.17, 15) is 5.11 Å². The number of pyridine rings is 1. The van der Waals surface area contributed by atoms with E-state index in [1.807, 2.05) is 6.07 Å². The second-order valence-electron chi connectivity index (χ2n) is 5.34. The predicted octanol–water partition coefficient (Wildman–Crippen LogP) is 4.11. The molecule has 1 fully saturated rings. The lowest BCUT2D eigenvalue weighted by atomic mass is 9.82. The molecule has 0 bridgehead atoms. The Hall–Kier alpha value is -1.83. The van der Waals surface area contributed by atoms with Crippen molar-refractivity contribution in [3.8, 4) is 5.75 Å². The Labute approximate surface area is 114 Å². The van der Waals surface area contributed by atoms with E-state index >= 15 is 0 Å². The molecule has 19 heavy (non-hydrogen) atoms. The van der Waals surface area contributed by atoms with Crippen LogP contribution in [0.5, 0.6) is 5.75 Å². The van der Waals surface area contributed by atoms with Gasteiger partial charge in [-0.05, 0) is 36.5 Å². The average Bonchev–Trinajstić information content (AvgIpc) is 2.96. The summed E-state index contributed by atoms with van der Waals surface area (Å²) in [7, 11) is 0. The first-order valence-electron chi connectivity index (χ1n) is 7.05. The zero-order valence-corrected chi connectivity index (χ0v) is 11.0. The highest BCUT2D eigenvalue weighted by Gasteiger charge is 2.30. The Kier molecular flexibility index (Phi) is 3.49. The molecule has 1 saturated carbocycles. The molecule has 3 rings (SSSR count). The molecule has 98 valence electrons. The summed E-state index contributed by atoms with van der Waals surface area (Å²) in [5, 5.41) is 10.1.